The molecular weight excluding hydrogens is 230 g/mol. The van der Waals surface area contributed by atoms with Crippen molar-refractivity contribution in [1.29, 1.82) is 0 Å². The zero-order chi connectivity index (χ0) is 13.5. The van der Waals surface area contributed by atoms with Crippen LogP contribution in [0.5, 0.6) is 0 Å². The van der Waals surface area contributed by atoms with Gasteiger partial charge in [0.2, 0.25) is 0 Å². The molecule has 0 aromatic heterocycles. The summed E-state index contributed by atoms with van der Waals surface area (Å²) in [4.78, 5) is 0. The predicted molar refractivity (Wildman–Crippen MR) is 81.6 cm³/mol. The van der Waals surface area contributed by atoms with Crippen LogP contribution in [0.2, 0.25) is 0 Å². The first-order valence-electron chi connectivity index (χ1n) is 8.67. The molecule has 3 rings (SSSR count). The molecule has 3 aliphatic rings. The monoisotopic (exact) mass is 261 g/mol. The summed E-state index contributed by atoms with van der Waals surface area (Å²) in [6, 6.07) is 0. The molecule has 0 aliphatic heterocycles. The van der Waals surface area contributed by atoms with Crippen LogP contribution in [0.4, 0.5) is 0 Å². The number of hydrogen-bond acceptors (Lipinski definition) is 1. The average molecular weight is 261 g/mol. The quantitative estimate of drug-likeness (QED) is 0.739. The van der Waals surface area contributed by atoms with E-state index in [1.54, 1.807) is 5.57 Å². The van der Waals surface area contributed by atoms with Crippen LogP contribution < -0.4 is 5.73 Å². The Kier molecular flexibility index (Phi) is 3.66. The Morgan fingerprint density at radius 3 is 2.11 bits per heavy atom. The van der Waals surface area contributed by atoms with Gasteiger partial charge in [0.1, 0.15) is 0 Å². The molecule has 2 N–H and O–H groups in total. The summed E-state index contributed by atoms with van der Waals surface area (Å²) in [5, 5.41) is 0. The Morgan fingerprint density at radius 2 is 1.68 bits per heavy atom. The molecule has 0 saturated heterocycles. The molecule has 1 unspecified atom stereocenters. The third-order valence-electron chi connectivity index (χ3n) is 6.27. The first kappa shape index (κ1) is 13.5. The van der Waals surface area contributed by atoms with Gasteiger partial charge in [-0.3, -0.25) is 0 Å². The van der Waals surface area contributed by atoms with Crippen molar-refractivity contribution in [2.24, 2.45) is 28.9 Å². The van der Waals surface area contributed by atoms with Gasteiger partial charge in [0, 0.05) is 5.70 Å². The first-order chi connectivity index (χ1) is 9.19. The van der Waals surface area contributed by atoms with Crippen molar-refractivity contribution in [3.8, 4) is 0 Å². The van der Waals surface area contributed by atoms with E-state index < -0.39 is 0 Å². The van der Waals surface area contributed by atoms with E-state index in [0.29, 0.717) is 0 Å². The van der Waals surface area contributed by atoms with E-state index in [4.69, 9.17) is 5.73 Å². The minimum atomic E-state index is 0.752. The summed E-state index contributed by atoms with van der Waals surface area (Å²) in [6.07, 6.45) is 14.2. The van der Waals surface area contributed by atoms with Gasteiger partial charge in [0.05, 0.1) is 0 Å². The molecule has 3 saturated carbocycles. The lowest BCUT2D eigenvalue weighted by molar-refractivity contribution is 0.203. The summed E-state index contributed by atoms with van der Waals surface area (Å²) in [5.41, 5.74) is 10.2. The molecule has 0 bridgehead atoms. The third kappa shape index (κ3) is 2.71. The maximum Gasteiger partial charge on any atom is 0.0107 e. The highest BCUT2D eigenvalue weighted by Crippen LogP contribution is 2.58. The van der Waals surface area contributed by atoms with Crippen molar-refractivity contribution in [2.45, 2.75) is 78.1 Å². The molecule has 0 radical (unpaired) electrons. The molecule has 0 aromatic rings. The Labute approximate surface area is 119 Å². The van der Waals surface area contributed by atoms with Crippen LogP contribution in [-0.4, -0.2) is 0 Å². The molecule has 0 amide bonds. The maximum atomic E-state index is 6.46. The van der Waals surface area contributed by atoms with E-state index in [9.17, 15) is 0 Å². The summed E-state index contributed by atoms with van der Waals surface area (Å²) >= 11 is 0. The van der Waals surface area contributed by atoms with Gasteiger partial charge < -0.3 is 5.73 Å². The molecule has 1 heteroatoms. The Bertz CT molecular complexity index is 350. The molecule has 0 heterocycles. The van der Waals surface area contributed by atoms with E-state index in [0.717, 1.165) is 23.2 Å². The molecule has 19 heavy (non-hydrogen) atoms. The zero-order valence-electron chi connectivity index (χ0n) is 12.9. The second-order valence-corrected chi connectivity index (χ2v) is 7.46. The fourth-order valence-electron chi connectivity index (χ4n) is 4.53. The van der Waals surface area contributed by atoms with E-state index in [1.165, 1.54) is 69.9 Å². The smallest absolute Gasteiger partial charge is 0.0107 e. The van der Waals surface area contributed by atoms with E-state index >= 15 is 0 Å². The Hall–Kier alpha value is -0.460. The van der Waals surface area contributed by atoms with Crippen molar-refractivity contribution >= 4 is 0 Å². The standard InChI is InChI=1S/C18H31N/c1-3-15(16(4-2)17(19)14-5-6-14)13-7-9-18(10-8-13)11-12-18/h13-15H,3-12,19H2,1-2H3/b17-16-. The summed E-state index contributed by atoms with van der Waals surface area (Å²) in [6.45, 7) is 4.69. The van der Waals surface area contributed by atoms with Crippen LogP contribution in [-0.2, 0) is 0 Å². The summed E-state index contributed by atoms with van der Waals surface area (Å²) in [5.74, 6) is 2.48. The second kappa shape index (κ2) is 5.14. The number of hydrogen-bond donors (Lipinski definition) is 1. The van der Waals surface area contributed by atoms with E-state index in [-0.39, 0.29) is 0 Å². The highest BCUT2D eigenvalue weighted by molar-refractivity contribution is 5.21. The fourth-order valence-corrected chi connectivity index (χ4v) is 4.53. The largest absolute Gasteiger partial charge is 0.402 e. The van der Waals surface area contributed by atoms with Crippen molar-refractivity contribution < 1.29 is 0 Å². The Balaban J connectivity index is 1.70. The molecule has 1 nitrogen and oxygen atoms in total. The van der Waals surface area contributed by atoms with Crippen LogP contribution in [0.25, 0.3) is 0 Å². The van der Waals surface area contributed by atoms with Gasteiger partial charge in [-0.1, -0.05) is 13.8 Å². The fraction of sp³-hybridized carbons (Fsp3) is 0.889. The molecule has 0 aromatic carbocycles. The van der Waals surface area contributed by atoms with Crippen molar-refractivity contribution in [3.05, 3.63) is 11.3 Å². The summed E-state index contributed by atoms with van der Waals surface area (Å²) < 4.78 is 0. The number of nitrogens with two attached hydrogens (primary N) is 1. The van der Waals surface area contributed by atoms with Gasteiger partial charge in [-0.05, 0) is 93.0 Å². The first-order valence-corrected chi connectivity index (χ1v) is 8.67. The van der Waals surface area contributed by atoms with Gasteiger partial charge in [0.15, 0.2) is 0 Å². The van der Waals surface area contributed by atoms with Crippen LogP contribution in [0.3, 0.4) is 0 Å². The predicted octanol–water partition coefficient (Wildman–Crippen LogP) is 5.02. The minimum Gasteiger partial charge on any atom is -0.402 e. The van der Waals surface area contributed by atoms with Crippen LogP contribution in [0, 0.1) is 23.2 Å². The highest BCUT2D eigenvalue weighted by Gasteiger charge is 2.46. The average Bonchev–Trinajstić information content (AvgIpc) is 3.32. The molecular formula is C18H31N. The molecule has 108 valence electrons. The van der Waals surface area contributed by atoms with Crippen LogP contribution in [0.1, 0.15) is 78.1 Å². The summed E-state index contributed by atoms with van der Waals surface area (Å²) in [7, 11) is 0. The number of rotatable bonds is 5. The lowest BCUT2D eigenvalue weighted by Gasteiger charge is -2.35. The number of allylic oxidation sites excluding steroid dienone is 2. The van der Waals surface area contributed by atoms with E-state index in [1.807, 2.05) is 0 Å². The topological polar surface area (TPSA) is 26.0 Å². The molecule has 3 fully saturated rings. The Morgan fingerprint density at radius 1 is 1.05 bits per heavy atom. The van der Waals surface area contributed by atoms with Gasteiger partial charge in [0.25, 0.3) is 0 Å². The normalized spacial score (nSPS) is 29.2. The minimum absolute atomic E-state index is 0.752. The lowest BCUT2D eigenvalue weighted by Crippen LogP contribution is -2.25. The van der Waals surface area contributed by atoms with Crippen LogP contribution in [0.15, 0.2) is 11.3 Å². The van der Waals surface area contributed by atoms with Crippen molar-refractivity contribution in [2.75, 3.05) is 0 Å². The van der Waals surface area contributed by atoms with Gasteiger partial charge >= 0.3 is 0 Å². The van der Waals surface area contributed by atoms with Gasteiger partial charge in [-0.2, -0.15) is 0 Å². The van der Waals surface area contributed by atoms with Gasteiger partial charge in [-0.15, -0.1) is 0 Å². The highest BCUT2D eigenvalue weighted by atomic mass is 14.6. The lowest BCUT2D eigenvalue weighted by atomic mass is 9.70. The SMILES string of the molecule is CC/C(=C(/N)C1CC1)C(CC)C1CCC2(CC1)CC2. The van der Waals surface area contributed by atoms with Gasteiger partial charge in [-0.25, -0.2) is 0 Å². The molecule has 1 atom stereocenters. The zero-order valence-corrected chi connectivity index (χ0v) is 12.9. The van der Waals surface area contributed by atoms with Crippen molar-refractivity contribution in [3.63, 3.8) is 0 Å². The van der Waals surface area contributed by atoms with Crippen molar-refractivity contribution in [1.82, 2.24) is 0 Å². The van der Waals surface area contributed by atoms with Crippen LogP contribution >= 0.6 is 0 Å². The van der Waals surface area contributed by atoms with E-state index in [2.05, 4.69) is 13.8 Å². The molecule has 1 spiro atoms. The third-order valence-corrected chi connectivity index (χ3v) is 6.27. The maximum absolute atomic E-state index is 6.46. The second-order valence-electron chi connectivity index (χ2n) is 7.46. The molecule has 3 aliphatic carbocycles.